The molecule has 1 atom stereocenters. The molecule has 1 unspecified atom stereocenters. The fourth-order valence-electron chi connectivity index (χ4n) is 1.82. The number of nitrogens with one attached hydrogen (secondary N) is 3. The van der Waals surface area contributed by atoms with Crippen molar-refractivity contribution in [3.8, 4) is 5.75 Å². The number of aromatic nitrogens is 2. The first kappa shape index (κ1) is 18.0. The Kier molecular flexibility index (Phi) is 6.22. The van der Waals surface area contributed by atoms with Crippen LogP contribution in [0.1, 0.15) is 20.8 Å². The van der Waals surface area contributed by atoms with Crippen LogP contribution in [0, 0.1) is 4.77 Å². The SMILES string of the molecule is CC(C)(C)NCC(O)COc1cccc2[nH]c(=S)[nH]c12.Cl. The minimum Gasteiger partial charge on any atom is -0.489 e. The lowest BCUT2D eigenvalue weighted by atomic mass is 10.1. The molecule has 118 valence electrons. The van der Waals surface area contributed by atoms with Crippen molar-refractivity contribution >= 4 is 35.7 Å². The highest BCUT2D eigenvalue weighted by Gasteiger charge is 2.13. The second-order valence-corrected chi connectivity index (χ2v) is 6.26. The van der Waals surface area contributed by atoms with Crippen molar-refractivity contribution in [2.75, 3.05) is 13.2 Å². The van der Waals surface area contributed by atoms with Gasteiger partial charge < -0.3 is 25.1 Å². The normalized spacial score (nSPS) is 13.0. The van der Waals surface area contributed by atoms with E-state index < -0.39 is 6.10 Å². The molecule has 0 bridgehead atoms. The number of aromatic amines is 2. The zero-order valence-corrected chi connectivity index (χ0v) is 14.0. The summed E-state index contributed by atoms with van der Waals surface area (Å²) >= 11 is 5.06. The largest absolute Gasteiger partial charge is 0.489 e. The summed E-state index contributed by atoms with van der Waals surface area (Å²) in [6.07, 6.45) is -0.564. The number of H-pyrrole nitrogens is 2. The van der Waals surface area contributed by atoms with Crippen LogP contribution in [0.15, 0.2) is 18.2 Å². The Hall–Kier alpha value is -1.08. The maximum absolute atomic E-state index is 9.93. The van der Waals surface area contributed by atoms with Gasteiger partial charge in [-0.2, -0.15) is 0 Å². The summed E-state index contributed by atoms with van der Waals surface area (Å²) in [5.74, 6) is 0.685. The van der Waals surface area contributed by atoms with E-state index in [1.807, 2.05) is 18.2 Å². The van der Waals surface area contributed by atoms with E-state index in [1.165, 1.54) is 0 Å². The second-order valence-electron chi connectivity index (χ2n) is 5.85. The fourth-order valence-corrected chi connectivity index (χ4v) is 2.03. The summed E-state index contributed by atoms with van der Waals surface area (Å²) in [7, 11) is 0. The first-order valence-electron chi connectivity index (χ1n) is 6.62. The van der Waals surface area contributed by atoms with Crippen LogP contribution in [-0.4, -0.2) is 39.9 Å². The molecule has 1 heterocycles. The van der Waals surface area contributed by atoms with Gasteiger partial charge in [-0.3, -0.25) is 0 Å². The molecule has 0 spiro atoms. The first-order chi connectivity index (χ1) is 9.35. The van der Waals surface area contributed by atoms with Crippen LogP contribution in [-0.2, 0) is 0 Å². The molecule has 1 aromatic heterocycles. The molecule has 0 aliphatic carbocycles. The van der Waals surface area contributed by atoms with Crippen LogP contribution in [0.4, 0.5) is 0 Å². The predicted molar refractivity (Wildman–Crippen MR) is 90.0 cm³/mol. The lowest BCUT2D eigenvalue weighted by Crippen LogP contribution is -2.42. The standard InChI is InChI=1S/C14H21N3O2S.ClH/c1-14(2,3)15-7-9(18)8-19-11-6-4-5-10-12(11)17-13(20)16-10;/h4-6,9,15,18H,7-8H2,1-3H3,(H2,16,17,20);1H. The van der Waals surface area contributed by atoms with Gasteiger partial charge in [-0.05, 0) is 45.1 Å². The van der Waals surface area contributed by atoms with Crippen molar-refractivity contribution in [3.63, 3.8) is 0 Å². The van der Waals surface area contributed by atoms with E-state index in [1.54, 1.807) is 0 Å². The Balaban J connectivity index is 0.00000220. The minimum absolute atomic E-state index is 0. The van der Waals surface area contributed by atoms with Crippen LogP contribution < -0.4 is 10.1 Å². The Morgan fingerprint density at radius 3 is 2.71 bits per heavy atom. The van der Waals surface area contributed by atoms with E-state index >= 15 is 0 Å². The van der Waals surface area contributed by atoms with Gasteiger partial charge in [-0.15, -0.1) is 12.4 Å². The summed E-state index contributed by atoms with van der Waals surface area (Å²) in [6.45, 7) is 6.89. The number of aliphatic hydroxyl groups is 1. The van der Waals surface area contributed by atoms with Crippen molar-refractivity contribution in [2.45, 2.75) is 32.4 Å². The Labute approximate surface area is 135 Å². The Morgan fingerprint density at radius 1 is 1.33 bits per heavy atom. The minimum atomic E-state index is -0.564. The van der Waals surface area contributed by atoms with E-state index in [-0.39, 0.29) is 24.6 Å². The summed E-state index contributed by atoms with van der Waals surface area (Å²) in [6, 6.07) is 5.66. The van der Waals surface area contributed by atoms with Crippen molar-refractivity contribution in [2.24, 2.45) is 0 Å². The van der Waals surface area contributed by atoms with Crippen molar-refractivity contribution in [1.29, 1.82) is 0 Å². The average molecular weight is 332 g/mol. The van der Waals surface area contributed by atoms with Gasteiger partial charge in [0.1, 0.15) is 24.0 Å². The topological polar surface area (TPSA) is 73.1 Å². The zero-order valence-electron chi connectivity index (χ0n) is 12.4. The lowest BCUT2D eigenvalue weighted by Gasteiger charge is -2.23. The third-order valence-corrected chi connectivity index (χ3v) is 3.02. The number of aliphatic hydroxyl groups excluding tert-OH is 1. The monoisotopic (exact) mass is 331 g/mol. The molecule has 7 heteroatoms. The molecule has 0 amide bonds. The lowest BCUT2D eigenvalue weighted by molar-refractivity contribution is 0.101. The van der Waals surface area contributed by atoms with E-state index in [0.717, 1.165) is 11.0 Å². The van der Waals surface area contributed by atoms with Gasteiger partial charge in [-0.25, -0.2) is 0 Å². The molecule has 0 saturated heterocycles. The quantitative estimate of drug-likeness (QED) is 0.636. The molecule has 2 rings (SSSR count). The maximum Gasteiger partial charge on any atom is 0.175 e. The molecular weight excluding hydrogens is 310 g/mol. The van der Waals surface area contributed by atoms with Crippen molar-refractivity contribution < 1.29 is 9.84 Å². The third kappa shape index (κ3) is 5.32. The van der Waals surface area contributed by atoms with Gasteiger partial charge in [0, 0.05) is 12.1 Å². The predicted octanol–water partition coefficient (Wildman–Crippen LogP) is 2.78. The van der Waals surface area contributed by atoms with Gasteiger partial charge in [0.05, 0.1) is 5.52 Å². The van der Waals surface area contributed by atoms with Crippen molar-refractivity contribution in [1.82, 2.24) is 15.3 Å². The fraction of sp³-hybridized carbons (Fsp3) is 0.500. The summed E-state index contributed by atoms with van der Waals surface area (Å²) in [5.41, 5.74) is 1.70. The summed E-state index contributed by atoms with van der Waals surface area (Å²) in [5, 5.41) is 13.2. The number of hydrogen-bond acceptors (Lipinski definition) is 4. The van der Waals surface area contributed by atoms with Crippen molar-refractivity contribution in [3.05, 3.63) is 23.0 Å². The number of fused-ring (bicyclic) bond motifs is 1. The Bertz CT molecular complexity index is 633. The number of hydrogen-bond donors (Lipinski definition) is 4. The molecule has 1 aromatic carbocycles. The van der Waals surface area contributed by atoms with E-state index in [4.69, 9.17) is 17.0 Å². The summed E-state index contributed by atoms with van der Waals surface area (Å²) in [4.78, 5) is 6.08. The van der Waals surface area contributed by atoms with Crippen LogP contribution in [0.5, 0.6) is 5.75 Å². The molecule has 0 radical (unpaired) electrons. The second kappa shape index (κ2) is 7.26. The van der Waals surface area contributed by atoms with E-state index in [2.05, 4.69) is 36.1 Å². The van der Waals surface area contributed by atoms with E-state index in [0.29, 0.717) is 17.1 Å². The highest BCUT2D eigenvalue weighted by Crippen LogP contribution is 2.22. The van der Waals surface area contributed by atoms with E-state index in [9.17, 15) is 5.11 Å². The molecule has 0 fully saturated rings. The van der Waals surface area contributed by atoms with Crippen LogP contribution >= 0.6 is 24.6 Å². The van der Waals surface area contributed by atoms with Crippen LogP contribution in [0.3, 0.4) is 0 Å². The first-order valence-corrected chi connectivity index (χ1v) is 7.03. The number of para-hydroxylation sites is 1. The van der Waals surface area contributed by atoms with Crippen LogP contribution in [0.25, 0.3) is 11.0 Å². The third-order valence-electron chi connectivity index (χ3n) is 2.81. The number of halogens is 1. The molecular formula is C14H22ClN3O2S. The molecule has 0 saturated carbocycles. The zero-order chi connectivity index (χ0) is 14.8. The maximum atomic E-state index is 9.93. The molecule has 0 aliphatic heterocycles. The highest BCUT2D eigenvalue weighted by molar-refractivity contribution is 7.71. The smallest absolute Gasteiger partial charge is 0.175 e. The molecule has 5 nitrogen and oxygen atoms in total. The van der Waals surface area contributed by atoms with Gasteiger partial charge in [0.15, 0.2) is 4.77 Å². The van der Waals surface area contributed by atoms with Gasteiger partial charge in [0.2, 0.25) is 0 Å². The number of β-amino-alcohol motifs (C(OH)–C–C–N with tert-alkyl or cyclic N) is 1. The molecule has 21 heavy (non-hydrogen) atoms. The Morgan fingerprint density at radius 2 is 2.05 bits per heavy atom. The summed E-state index contributed by atoms with van der Waals surface area (Å²) < 4.78 is 6.23. The van der Waals surface area contributed by atoms with Crippen LogP contribution in [0.2, 0.25) is 0 Å². The number of imidazole rings is 1. The number of ether oxygens (including phenoxy) is 1. The molecule has 2 aromatic rings. The number of benzene rings is 1. The van der Waals surface area contributed by atoms with Gasteiger partial charge in [0.25, 0.3) is 0 Å². The highest BCUT2D eigenvalue weighted by atomic mass is 35.5. The van der Waals surface area contributed by atoms with Gasteiger partial charge in [-0.1, -0.05) is 6.07 Å². The molecule has 0 aliphatic rings. The number of rotatable bonds is 5. The molecule has 4 N–H and O–H groups in total. The average Bonchev–Trinajstić information content (AvgIpc) is 2.73. The van der Waals surface area contributed by atoms with Gasteiger partial charge >= 0.3 is 0 Å².